The first-order chi connectivity index (χ1) is 18.8. The summed E-state index contributed by atoms with van der Waals surface area (Å²) >= 11 is 2.72. The predicted octanol–water partition coefficient (Wildman–Crippen LogP) is 5.16. The number of nitrogens with one attached hydrogen (secondary N) is 1. The Morgan fingerprint density at radius 1 is 1.21 bits per heavy atom. The van der Waals surface area contributed by atoms with E-state index in [1.54, 1.807) is 29.5 Å². The molecule has 2 aromatic carbocycles. The van der Waals surface area contributed by atoms with Gasteiger partial charge in [0, 0.05) is 35.0 Å². The zero-order valence-corrected chi connectivity index (χ0v) is 23.3. The van der Waals surface area contributed by atoms with Crippen LogP contribution < -0.4 is 21.5 Å². The van der Waals surface area contributed by atoms with E-state index in [1.165, 1.54) is 12.1 Å². The summed E-state index contributed by atoms with van der Waals surface area (Å²) in [7, 11) is 4.39. The fraction of sp³-hybridized carbons (Fsp3) is 0.296. The number of nitrogen functional groups attached to an aromatic ring is 1. The minimum absolute atomic E-state index is 0.0793. The van der Waals surface area contributed by atoms with Crippen LogP contribution in [-0.4, -0.2) is 27.7 Å². The first-order valence-corrected chi connectivity index (χ1v) is 13.8. The second kappa shape index (κ2) is 12.6. The van der Waals surface area contributed by atoms with Crippen molar-refractivity contribution in [3.05, 3.63) is 88.4 Å². The number of benzene rings is 2. The van der Waals surface area contributed by atoms with Crippen LogP contribution in [0.5, 0.6) is 5.75 Å². The van der Waals surface area contributed by atoms with Gasteiger partial charge in [-0.2, -0.15) is 5.10 Å². The Labute approximate surface area is 238 Å². The molecule has 2 unspecified atom stereocenters. The summed E-state index contributed by atoms with van der Waals surface area (Å²) in [4.78, 5) is 8.36. The Morgan fingerprint density at radius 2 is 2.00 bits per heavy atom. The summed E-state index contributed by atoms with van der Waals surface area (Å²) in [6.45, 7) is 4.38. The first-order valence-electron chi connectivity index (χ1n) is 12.3. The number of nitrogens with two attached hydrogens (primary N) is 2. The normalized spacial score (nSPS) is 16.9. The van der Waals surface area contributed by atoms with Crippen LogP contribution in [0.15, 0.2) is 70.4 Å². The van der Waals surface area contributed by atoms with Gasteiger partial charge in [0.25, 0.3) is 0 Å². The van der Waals surface area contributed by atoms with Gasteiger partial charge in [-0.3, -0.25) is 0 Å². The van der Waals surface area contributed by atoms with Gasteiger partial charge in [-0.05, 0) is 61.4 Å². The number of hydrogen-bond donors (Lipinski definition) is 3. The number of ether oxygens (including phenoxy) is 1. The van der Waals surface area contributed by atoms with Crippen molar-refractivity contribution in [1.29, 1.82) is 0 Å². The van der Waals surface area contributed by atoms with Crippen molar-refractivity contribution in [3.8, 4) is 11.4 Å². The molecule has 0 radical (unpaired) electrons. The van der Waals surface area contributed by atoms with Gasteiger partial charge >= 0.3 is 25.2 Å². The number of aromatic nitrogens is 3. The minimum atomic E-state index is -0.599. The Bertz CT molecular complexity index is 1440. The molecule has 3 aromatic rings. The SMILES string of the molecule is Cc1ncn(-c2ccc(N)cc2OCCCC(C)C2=C3NC=NC(N)=C3CC2c2ccc(F)cc2F)n1.[Cl][Fe]. The van der Waals surface area contributed by atoms with Crippen LogP contribution >= 0.6 is 10.1 Å². The Hall–Kier alpha value is -3.40. The van der Waals surface area contributed by atoms with E-state index in [0.717, 1.165) is 41.4 Å². The predicted molar refractivity (Wildman–Crippen MR) is 144 cm³/mol. The molecule has 0 saturated heterocycles. The number of nitrogens with zero attached hydrogens (tertiary/aromatic N) is 4. The molecule has 2 heterocycles. The van der Waals surface area contributed by atoms with Crippen LogP contribution in [0.2, 0.25) is 0 Å². The molecule has 8 nitrogen and oxygen atoms in total. The maximum atomic E-state index is 14.8. The van der Waals surface area contributed by atoms with Crippen molar-refractivity contribution in [2.45, 2.75) is 39.0 Å². The molecule has 2 aliphatic rings. The number of allylic oxidation sites excluding steroid dienone is 2. The zero-order valence-electron chi connectivity index (χ0n) is 21.4. The average Bonchev–Trinajstić information content (AvgIpc) is 3.52. The van der Waals surface area contributed by atoms with Crippen molar-refractivity contribution in [3.63, 3.8) is 0 Å². The van der Waals surface area contributed by atoms with Crippen LogP contribution in [0.1, 0.15) is 43.5 Å². The third-order valence-electron chi connectivity index (χ3n) is 6.84. The molecule has 0 amide bonds. The molecule has 39 heavy (non-hydrogen) atoms. The van der Waals surface area contributed by atoms with Gasteiger partial charge in [0.2, 0.25) is 0 Å². The molecule has 1 aliphatic heterocycles. The van der Waals surface area contributed by atoms with Crippen molar-refractivity contribution in [2.24, 2.45) is 16.6 Å². The third-order valence-corrected chi connectivity index (χ3v) is 6.84. The summed E-state index contributed by atoms with van der Waals surface area (Å²) in [5, 5.41) is 7.58. The molecule has 5 rings (SSSR count). The van der Waals surface area contributed by atoms with Crippen molar-refractivity contribution >= 4 is 22.1 Å². The van der Waals surface area contributed by atoms with E-state index in [-0.39, 0.29) is 11.8 Å². The van der Waals surface area contributed by atoms with Crippen LogP contribution in [0.4, 0.5) is 14.5 Å². The molecule has 1 aliphatic carbocycles. The topological polar surface area (TPSA) is 116 Å². The molecule has 207 valence electrons. The summed E-state index contributed by atoms with van der Waals surface area (Å²) in [5.41, 5.74) is 16.7. The quantitative estimate of drug-likeness (QED) is 0.188. The third kappa shape index (κ3) is 6.27. The number of hydrogen-bond acceptors (Lipinski definition) is 7. The summed E-state index contributed by atoms with van der Waals surface area (Å²) in [6.07, 6.45) is 5.22. The number of rotatable bonds is 8. The number of aliphatic imine (C=N–C) groups is 1. The van der Waals surface area contributed by atoms with Gasteiger partial charge in [-0.1, -0.05) is 13.0 Å². The van der Waals surface area contributed by atoms with E-state index in [9.17, 15) is 8.78 Å². The van der Waals surface area contributed by atoms with E-state index in [2.05, 4.69) is 52.5 Å². The first kappa shape index (κ1) is 28.6. The fourth-order valence-electron chi connectivity index (χ4n) is 5.09. The van der Waals surface area contributed by atoms with Gasteiger partial charge in [-0.15, -0.1) is 0 Å². The van der Waals surface area contributed by atoms with E-state index in [0.29, 0.717) is 41.7 Å². The Balaban J connectivity index is 0.00000172. The molecule has 5 N–H and O–H groups in total. The molecular weight excluding hydrogens is 568 g/mol. The number of anilines is 1. The van der Waals surface area contributed by atoms with Crippen LogP contribution in [0.3, 0.4) is 0 Å². The van der Waals surface area contributed by atoms with E-state index in [4.69, 9.17) is 16.2 Å². The van der Waals surface area contributed by atoms with Crippen molar-refractivity contribution in [1.82, 2.24) is 20.1 Å². The van der Waals surface area contributed by atoms with Gasteiger partial charge in [0.15, 0.2) is 0 Å². The summed E-state index contributed by atoms with van der Waals surface area (Å²) in [6, 6.07) is 9.16. The Kier molecular flexibility index (Phi) is 9.27. The molecular formula is C27H29ClF2FeN7O. The number of aryl methyl sites for hydroxylation is 1. The second-order valence-corrected chi connectivity index (χ2v) is 9.37. The molecule has 1 aromatic heterocycles. The van der Waals surface area contributed by atoms with Crippen LogP contribution in [0, 0.1) is 24.5 Å². The molecule has 2 atom stereocenters. The van der Waals surface area contributed by atoms with Crippen molar-refractivity contribution < 1.29 is 28.6 Å². The number of fused-ring (bicyclic) bond motifs is 1. The summed E-state index contributed by atoms with van der Waals surface area (Å²) in [5.74, 6) is 0.360. The van der Waals surface area contributed by atoms with E-state index >= 15 is 0 Å². The van der Waals surface area contributed by atoms with E-state index in [1.807, 2.05) is 13.0 Å². The van der Waals surface area contributed by atoms with Gasteiger partial charge in [-0.25, -0.2) is 23.4 Å². The zero-order chi connectivity index (χ0) is 28.1. The molecule has 0 fully saturated rings. The number of halogens is 3. The van der Waals surface area contributed by atoms with Crippen molar-refractivity contribution in [2.75, 3.05) is 12.3 Å². The maximum absolute atomic E-state index is 14.8. The second-order valence-electron chi connectivity index (χ2n) is 9.37. The average molecular weight is 597 g/mol. The van der Waals surface area contributed by atoms with Crippen LogP contribution in [0.25, 0.3) is 5.69 Å². The van der Waals surface area contributed by atoms with Gasteiger partial charge in [0.1, 0.15) is 41.0 Å². The molecule has 12 heteroatoms. The van der Waals surface area contributed by atoms with Crippen LogP contribution in [-0.2, 0) is 15.1 Å². The fourth-order valence-corrected chi connectivity index (χ4v) is 5.09. The molecule has 0 spiro atoms. The molecule has 0 bridgehead atoms. The molecule has 0 saturated carbocycles. The standard InChI is InChI=1S/C27H29F2N7O.ClH.Fe/c1-15(4-3-9-37-24-11-18(30)6-8-23(24)36-14-34-16(2)35-36)25-20(19-7-5-17(28)10-22(19)29)12-21-26(25)32-13-33-27(21)31;;/h5-8,10-11,13-15,20H,3-4,9,12,30-31H2,1-2H3,(H,32,33);1H;/q;;+1/p-1. The monoisotopic (exact) mass is 596 g/mol. The van der Waals surface area contributed by atoms with Gasteiger partial charge in [0.05, 0.1) is 12.9 Å². The van der Waals surface area contributed by atoms with E-state index < -0.39 is 11.6 Å². The Morgan fingerprint density at radius 3 is 2.72 bits per heavy atom. The van der Waals surface area contributed by atoms with Gasteiger partial charge < -0.3 is 21.5 Å². The summed E-state index contributed by atoms with van der Waals surface area (Å²) < 4.78 is 36.2.